The maximum absolute atomic E-state index is 13.5. The van der Waals surface area contributed by atoms with E-state index in [0.29, 0.717) is 29.8 Å². The number of hydrogen-bond acceptors (Lipinski definition) is 7. The monoisotopic (exact) mass is 583 g/mol. The number of amides is 2. The SMILES string of the molecule is Cc1cccc(C)c1-c1cc(Cl)nc(NSc2cccc(C(=O)N(CCN(C)C(=O)OC(C)(C)C)C(C)C)c2)n1. The third-order valence-corrected chi connectivity index (χ3v) is 7.01. The largest absolute Gasteiger partial charge is 0.444 e. The van der Waals surface area contributed by atoms with Crippen LogP contribution in [-0.4, -0.2) is 63.5 Å². The smallest absolute Gasteiger partial charge is 0.410 e. The third kappa shape index (κ3) is 8.60. The van der Waals surface area contributed by atoms with Crippen LogP contribution >= 0.6 is 23.5 Å². The molecule has 8 nitrogen and oxygen atoms in total. The van der Waals surface area contributed by atoms with E-state index < -0.39 is 11.7 Å². The average Bonchev–Trinajstić information content (AvgIpc) is 2.86. The standard InChI is InChI=1S/C30H38ClN5O3S/c1-19(2)36(16-15-35(8)29(38)39-30(5,6)7)27(37)22-13-10-14-23(17-22)40-34-28-32-24(18-25(31)33-28)26-20(3)11-9-12-21(26)4/h9-14,17-19H,15-16H2,1-8H3,(H,32,33,34). The number of nitrogens with one attached hydrogen (secondary N) is 1. The highest BCUT2D eigenvalue weighted by Gasteiger charge is 2.23. The molecule has 0 aliphatic rings. The molecule has 0 spiro atoms. The molecule has 2 amide bonds. The zero-order valence-electron chi connectivity index (χ0n) is 24.4. The highest BCUT2D eigenvalue weighted by atomic mass is 35.5. The Hall–Kier alpha value is -3.30. The van der Waals surface area contributed by atoms with Gasteiger partial charge < -0.3 is 14.5 Å². The fourth-order valence-corrected chi connectivity index (χ4v) is 4.87. The van der Waals surface area contributed by atoms with Crippen LogP contribution in [0.25, 0.3) is 11.3 Å². The Kier molecular flexibility index (Phi) is 10.4. The van der Waals surface area contributed by atoms with E-state index in [9.17, 15) is 9.59 Å². The number of nitrogens with zero attached hydrogens (tertiary/aromatic N) is 4. The molecule has 3 rings (SSSR count). The lowest BCUT2D eigenvalue weighted by atomic mass is 10.00. The molecule has 0 aliphatic heterocycles. The summed E-state index contributed by atoms with van der Waals surface area (Å²) in [5, 5.41) is 0.337. The first-order valence-corrected chi connectivity index (χ1v) is 14.3. The van der Waals surface area contributed by atoms with Crippen molar-refractivity contribution in [2.24, 2.45) is 0 Å². The number of benzene rings is 2. The van der Waals surface area contributed by atoms with E-state index in [2.05, 4.69) is 14.7 Å². The molecule has 10 heteroatoms. The summed E-state index contributed by atoms with van der Waals surface area (Å²) in [7, 11) is 1.67. The Morgan fingerprint density at radius 2 is 1.68 bits per heavy atom. The van der Waals surface area contributed by atoms with Crippen molar-refractivity contribution in [3.8, 4) is 11.3 Å². The first-order valence-electron chi connectivity index (χ1n) is 13.1. The van der Waals surface area contributed by atoms with E-state index in [1.165, 1.54) is 16.8 Å². The molecule has 1 heterocycles. The van der Waals surface area contributed by atoms with Crippen LogP contribution < -0.4 is 4.72 Å². The van der Waals surface area contributed by atoms with Gasteiger partial charge in [0.15, 0.2) is 0 Å². The van der Waals surface area contributed by atoms with Crippen LogP contribution in [-0.2, 0) is 4.74 Å². The number of rotatable bonds is 9. The first kappa shape index (κ1) is 31.2. The van der Waals surface area contributed by atoms with E-state index in [1.54, 1.807) is 24.1 Å². The number of carbonyl (C=O) groups excluding carboxylic acids is 2. The summed E-state index contributed by atoms with van der Waals surface area (Å²) in [6.07, 6.45) is -0.419. The quantitative estimate of drug-likeness (QED) is 0.210. The number of hydrogen-bond donors (Lipinski definition) is 1. The maximum Gasteiger partial charge on any atom is 0.410 e. The van der Waals surface area contributed by atoms with E-state index in [-0.39, 0.29) is 11.9 Å². The van der Waals surface area contributed by atoms with Crippen LogP contribution in [0.4, 0.5) is 10.7 Å². The highest BCUT2D eigenvalue weighted by molar-refractivity contribution is 8.00. The first-order chi connectivity index (χ1) is 18.7. The molecule has 40 heavy (non-hydrogen) atoms. The molecular formula is C30H38ClN5O3S. The predicted octanol–water partition coefficient (Wildman–Crippen LogP) is 7.25. The second kappa shape index (κ2) is 13.4. The fraction of sp³-hybridized carbons (Fsp3) is 0.400. The summed E-state index contributed by atoms with van der Waals surface area (Å²) in [6, 6.07) is 15.1. The van der Waals surface area contributed by atoms with Gasteiger partial charge in [-0.3, -0.25) is 9.52 Å². The number of likely N-dealkylation sites (N-methyl/N-ethyl adjacent to an activating group) is 1. The molecule has 0 bridgehead atoms. The number of aryl methyl sites for hydroxylation is 2. The zero-order chi connectivity index (χ0) is 29.6. The number of ether oxygens (including phenoxy) is 1. The van der Waals surface area contributed by atoms with Crippen LogP contribution in [0.3, 0.4) is 0 Å². The van der Waals surface area contributed by atoms with E-state index in [0.717, 1.165) is 27.3 Å². The minimum Gasteiger partial charge on any atom is -0.444 e. The maximum atomic E-state index is 13.5. The van der Waals surface area contributed by atoms with Crippen molar-refractivity contribution in [2.75, 3.05) is 24.9 Å². The highest BCUT2D eigenvalue weighted by Crippen LogP contribution is 2.29. The van der Waals surface area contributed by atoms with Gasteiger partial charge >= 0.3 is 6.09 Å². The van der Waals surface area contributed by atoms with Crippen molar-refractivity contribution in [3.63, 3.8) is 0 Å². The molecule has 0 unspecified atom stereocenters. The summed E-state index contributed by atoms with van der Waals surface area (Å²) in [5.41, 5.74) is 3.94. The van der Waals surface area contributed by atoms with Crippen molar-refractivity contribution in [1.82, 2.24) is 19.8 Å². The summed E-state index contributed by atoms with van der Waals surface area (Å²) >= 11 is 7.64. The van der Waals surface area contributed by atoms with Gasteiger partial charge in [0.2, 0.25) is 5.95 Å². The molecule has 2 aromatic carbocycles. The molecule has 0 saturated heterocycles. The topological polar surface area (TPSA) is 87.7 Å². The van der Waals surface area contributed by atoms with Gasteiger partial charge in [-0.2, -0.15) is 0 Å². The number of carbonyl (C=O) groups is 2. The van der Waals surface area contributed by atoms with Crippen molar-refractivity contribution in [3.05, 3.63) is 70.4 Å². The van der Waals surface area contributed by atoms with Crippen molar-refractivity contribution in [2.45, 2.75) is 65.0 Å². The molecule has 214 valence electrons. The minimum atomic E-state index is -0.581. The van der Waals surface area contributed by atoms with Crippen molar-refractivity contribution < 1.29 is 14.3 Å². The number of aromatic nitrogens is 2. The Labute approximate surface area is 246 Å². The Bertz CT molecular complexity index is 1340. The van der Waals surface area contributed by atoms with Crippen LogP contribution in [0.2, 0.25) is 5.15 Å². The summed E-state index contributed by atoms with van der Waals surface area (Å²) in [5.74, 6) is 0.257. The summed E-state index contributed by atoms with van der Waals surface area (Å²) in [4.78, 5) is 38.9. The van der Waals surface area contributed by atoms with Gasteiger partial charge in [0.25, 0.3) is 5.91 Å². The van der Waals surface area contributed by atoms with E-state index in [1.807, 2.05) is 84.9 Å². The molecule has 0 saturated carbocycles. The molecule has 1 N–H and O–H groups in total. The Balaban J connectivity index is 1.71. The lowest BCUT2D eigenvalue weighted by molar-refractivity contribution is 0.0270. The summed E-state index contributed by atoms with van der Waals surface area (Å²) < 4.78 is 8.59. The normalized spacial score (nSPS) is 11.3. The zero-order valence-corrected chi connectivity index (χ0v) is 26.0. The second-order valence-corrected chi connectivity index (χ2v) is 12.2. The molecule has 0 fully saturated rings. The second-order valence-electron chi connectivity index (χ2n) is 10.9. The predicted molar refractivity (Wildman–Crippen MR) is 163 cm³/mol. The number of halogens is 1. The minimum absolute atomic E-state index is 0.0582. The van der Waals surface area contributed by atoms with Crippen molar-refractivity contribution in [1.29, 1.82) is 0 Å². The number of anilines is 1. The lowest BCUT2D eigenvalue weighted by Crippen LogP contribution is -2.44. The average molecular weight is 584 g/mol. The van der Waals surface area contributed by atoms with Gasteiger partial charge in [-0.1, -0.05) is 35.9 Å². The Morgan fingerprint density at radius 3 is 2.30 bits per heavy atom. The van der Waals surface area contributed by atoms with E-state index in [4.69, 9.17) is 16.3 Å². The lowest BCUT2D eigenvalue weighted by Gasteiger charge is -2.30. The van der Waals surface area contributed by atoms with Crippen molar-refractivity contribution >= 4 is 41.5 Å². The van der Waals surface area contributed by atoms with Gasteiger partial charge in [0, 0.05) is 48.3 Å². The molecule has 0 radical (unpaired) electrons. The van der Waals surface area contributed by atoms with Crippen LogP contribution in [0.15, 0.2) is 53.4 Å². The molecule has 0 aliphatic carbocycles. The molecule has 1 aromatic heterocycles. The summed E-state index contributed by atoms with van der Waals surface area (Å²) in [6.45, 7) is 14.2. The van der Waals surface area contributed by atoms with Crippen LogP contribution in [0, 0.1) is 13.8 Å². The third-order valence-electron chi connectivity index (χ3n) is 6.04. The van der Waals surface area contributed by atoms with Gasteiger partial charge in [-0.25, -0.2) is 14.8 Å². The molecule has 0 atom stereocenters. The fourth-order valence-electron chi connectivity index (χ4n) is 4.06. The molecule has 3 aromatic rings. The van der Waals surface area contributed by atoms with Gasteiger partial charge in [0.1, 0.15) is 10.8 Å². The van der Waals surface area contributed by atoms with Gasteiger partial charge in [-0.05, 0) is 89.7 Å². The van der Waals surface area contributed by atoms with Gasteiger partial charge in [-0.15, -0.1) is 0 Å². The molecular weight excluding hydrogens is 546 g/mol. The Morgan fingerprint density at radius 1 is 1.02 bits per heavy atom. The van der Waals surface area contributed by atoms with E-state index >= 15 is 0 Å². The van der Waals surface area contributed by atoms with Crippen LogP contribution in [0.1, 0.15) is 56.1 Å². The van der Waals surface area contributed by atoms with Gasteiger partial charge in [0.05, 0.1) is 5.69 Å². The van der Waals surface area contributed by atoms with Crippen LogP contribution in [0.5, 0.6) is 0 Å².